The van der Waals surface area contributed by atoms with E-state index in [4.69, 9.17) is 9.47 Å². The number of phenols is 1. The van der Waals surface area contributed by atoms with Crippen molar-refractivity contribution in [2.24, 2.45) is 5.92 Å². The van der Waals surface area contributed by atoms with Gasteiger partial charge in [-0.1, -0.05) is 36.4 Å². The van der Waals surface area contributed by atoms with Crippen molar-refractivity contribution in [2.45, 2.75) is 24.4 Å². The van der Waals surface area contributed by atoms with Crippen LogP contribution >= 0.6 is 0 Å². The van der Waals surface area contributed by atoms with Crippen molar-refractivity contribution >= 4 is 34.3 Å². The van der Waals surface area contributed by atoms with Gasteiger partial charge in [0.1, 0.15) is 5.54 Å². The number of urea groups is 1. The highest BCUT2D eigenvalue weighted by Gasteiger charge is 2.70. The number of carbonyl (C=O) groups is 3. The summed E-state index contributed by atoms with van der Waals surface area (Å²) in [7, 11) is 5.51. The molecule has 1 spiro atoms. The van der Waals surface area contributed by atoms with E-state index in [0.717, 1.165) is 35.1 Å². The van der Waals surface area contributed by atoms with E-state index < -0.39 is 5.54 Å². The van der Waals surface area contributed by atoms with Crippen LogP contribution in [0.1, 0.15) is 23.6 Å². The second kappa shape index (κ2) is 11.8. The monoisotopic (exact) mass is 627 g/mol. The third-order valence-corrected chi connectivity index (χ3v) is 10.3. The van der Waals surface area contributed by atoms with Crippen molar-refractivity contribution in [2.75, 3.05) is 78.6 Å². The molecule has 7 rings (SSSR count). The summed E-state index contributed by atoms with van der Waals surface area (Å²) in [4.78, 5) is 51.9. The molecule has 0 aromatic heterocycles. The fourth-order valence-corrected chi connectivity index (χ4v) is 8.04. The van der Waals surface area contributed by atoms with E-state index in [2.05, 4.69) is 34.1 Å². The van der Waals surface area contributed by atoms with Gasteiger partial charge in [0.15, 0.2) is 11.5 Å². The second-order valence-corrected chi connectivity index (χ2v) is 13.0. The van der Waals surface area contributed by atoms with Gasteiger partial charge in [0.2, 0.25) is 5.91 Å². The summed E-state index contributed by atoms with van der Waals surface area (Å²) in [5.41, 5.74) is 1.65. The first-order valence-electron chi connectivity index (χ1n) is 16.0. The fraction of sp³-hybridized carbons (Fsp3) is 0.457. The molecule has 0 radical (unpaired) electrons. The maximum Gasteiger partial charge on any atom is 0.328 e. The minimum absolute atomic E-state index is 0.0290. The van der Waals surface area contributed by atoms with Crippen LogP contribution in [0.15, 0.2) is 54.6 Å². The van der Waals surface area contributed by atoms with E-state index in [9.17, 15) is 19.5 Å². The van der Waals surface area contributed by atoms with Gasteiger partial charge in [-0.15, -0.1) is 0 Å². The van der Waals surface area contributed by atoms with E-state index in [1.54, 1.807) is 17.0 Å². The van der Waals surface area contributed by atoms with E-state index in [-0.39, 0.29) is 48.5 Å². The summed E-state index contributed by atoms with van der Waals surface area (Å²) in [6, 6.07) is 16.8. The molecule has 0 bridgehead atoms. The largest absolute Gasteiger partial charge is 0.504 e. The number of carbonyl (C=O) groups excluding carboxylic acids is 3. The highest BCUT2D eigenvalue weighted by molar-refractivity contribution is 6.09. The molecule has 4 amide bonds. The molecule has 0 saturated carbocycles. The summed E-state index contributed by atoms with van der Waals surface area (Å²) < 4.78 is 10.6. The number of benzene rings is 3. The molecule has 0 aliphatic carbocycles. The van der Waals surface area contributed by atoms with Crippen LogP contribution in [0.25, 0.3) is 10.8 Å². The molecule has 4 aliphatic heterocycles. The normalized spacial score (nSPS) is 24.5. The Morgan fingerprint density at radius 3 is 2.52 bits per heavy atom. The molecule has 1 N–H and O–H groups in total. The zero-order chi connectivity index (χ0) is 32.2. The Labute approximate surface area is 268 Å². The second-order valence-electron chi connectivity index (χ2n) is 13.0. The maximum atomic E-state index is 14.5. The topological polar surface area (TPSA) is 106 Å². The van der Waals surface area contributed by atoms with Gasteiger partial charge in [-0.25, -0.2) is 4.79 Å². The summed E-state index contributed by atoms with van der Waals surface area (Å²) in [5.74, 6) is -0.241. The first-order chi connectivity index (χ1) is 22.2. The Balaban J connectivity index is 1.22. The molecule has 4 fully saturated rings. The van der Waals surface area contributed by atoms with Gasteiger partial charge in [0, 0.05) is 63.8 Å². The molecule has 3 atom stereocenters. The predicted octanol–water partition coefficient (Wildman–Crippen LogP) is 3.10. The zero-order valence-corrected chi connectivity index (χ0v) is 26.6. The lowest BCUT2D eigenvalue weighted by molar-refractivity contribution is -0.134. The summed E-state index contributed by atoms with van der Waals surface area (Å²) >= 11 is 0. The number of methoxy groups -OCH3 is 1. The van der Waals surface area contributed by atoms with Gasteiger partial charge in [-0.3, -0.25) is 19.4 Å². The highest BCUT2D eigenvalue weighted by Crippen LogP contribution is 2.55. The molecule has 4 heterocycles. The molecule has 11 nitrogen and oxygen atoms in total. The van der Waals surface area contributed by atoms with E-state index in [0.29, 0.717) is 50.6 Å². The lowest BCUT2D eigenvalue weighted by atomic mass is 9.87. The third kappa shape index (κ3) is 4.84. The van der Waals surface area contributed by atoms with Gasteiger partial charge in [-0.05, 0) is 41.1 Å². The molecule has 1 unspecified atom stereocenters. The molecule has 242 valence electrons. The van der Waals surface area contributed by atoms with Crippen LogP contribution < -0.4 is 9.64 Å². The lowest BCUT2D eigenvalue weighted by Crippen LogP contribution is -2.52. The number of hydrogen-bond acceptors (Lipinski definition) is 8. The molecule has 46 heavy (non-hydrogen) atoms. The van der Waals surface area contributed by atoms with Crippen LogP contribution in [-0.4, -0.2) is 122 Å². The lowest BCUT2D eigenvalue weighted by Gasteiger charge is -2.32. The Bertz CT molecular complexity index is 1690. The number of amides is 4. The van der Waals surface area contributed by atoms with Gasteiger partial charge in [-0.2, -0.15) is 0 Å². The SMILES string of the molecule is COc1ccc(CC(=O)N2C[C@H]3CC(c4ccc(N(C)C)c5ccccc45)N4C(=O)N(CCN5CCOCC5)C(=O)[C@@]34C2)cc1O. The van der Waals surface area contributed by atoms with Gasteiger partial charge in [0.25, 0.3) is 5.91 Å². The van der Waals surface area contributed by atoms with Gasteiger partial charge >= 0.3 is 6.03 Å². The molecule has 3 aromatic rings. The number of aromatic hydroxyl groups is 1. The molecule has 3 aromatic carbocycles. The average Bonchev–Trinajstić information content (AvgIpc) is 3.65. The quantitative estimate of drug-likeness (QED) is 0.380. The Morgan fingerprint density at radius 1 is 1.04 bits per heavy atom. The zero-order valence-electron chi connectivity index (χ0n) is 26.6. The number of ether oxygens (including phenoxy) is 2. The average molecular weight is 628 g/mol. The van der Waals surface area contributed by atoms with Crippen molar-refractivity contribution in [1.82, 2.24) is 19.6 Å². The number of phenolic OH excluding ortho intramolecular Hbond substituents is 1. The number of imide groups is 1. The maximum absolute atomic E-state index is 14.5. The Hall–Kier alpha value is -4.35. The molecule has 11 heteroatoms. The minimum Gasteiger partial charge on any atom is -0.504 e. The molecule has 4 saturated heterocycles. The molecular formula is C35H41N5O6. The van der Waals surface area contributed by atoms with Crippen molar-refractivity contribution in [3.8, 4) is 11.5 Å². The van der Waals surface area contributed by atoms with E-state index in [1.165, 1.54) is 18.1 Å². The first-order valence-corrected chi connectivity index (χ1v) is 16.0. The van der Waals surface area contributed by atoms with Crippen molar-refractivity contribution in [3.63, 3.8) is 0 Å². The van der Waals surface area contributed by atoms with Crippen LogP contribution in [0, 0.1) is 5.92 Å². The third-order valence-electron chi connectivity index (χ3n) is 10.3. The smallest absolute Gasteiger partial charge is 0.328 e. The number of likely N-dealkylation sites (tertiary alicyclic amines) is 1. The number of hydrogen-bond donors (Lipinski definition) is 1. The first kappa shape index (κ1) is 30.3. The van der Waals surface area contributed by atoms with Crippen LogP contribution in [0.3, 0.4) is 0 Å². The molecular weight excluding hydrogens is 586 g/mol. The van der Waals surface area contributed by atoms with Crippen LogP contribution in [0.4, 0.5) is 10.5 Å². The summed E-state index contributed by atoms with van der Waals surface area (Å²) in [5, 5.41) is 12.4. The van der Waals surface area contributed by atoms with Crippen LogP contribution in [-0.2, 0) is 20.7 Å². The number of nitrogens with zero attached hydrogens (tertiary/aromatic N) is 5. The van der Waals surface area contributed by atoms with Crippen molar-refractivity contribution < 1.29 is 29.0 Å². The van der Waals surface area contributed by atoms with Crippen molar-refractivity contribution in [1.29, 1.82) is 0 Å². The van der Waals surface area contributed by atoms with Crippen LogP contribution in [0.2, 0.25) is 0 Å². The van der Waals surface area contributed by atoms with E-state index >= 15 is 0 Å². The van der Waals surface area contributed by atoms with Gasteiger partial charge < -0.3 is 29.3 Å². The Morgan fingerprint density at radius 2 is 1.80 bits per heavy atom. The predicted molar refractivity (Wildman–Crippen MR) is 173 cm³/mol. The number of rotatable bonds is 8. The standard InChI is InChI=1S/C35H41N5O6/c1-36(2)28-10-9-27(25-6-4-5-7-26(25)28)29-20-24-21-38(32(42)19-23-8-11-31(45-3)30(41)18-23)22-35(24)33(43)39(34(44)40(29)35)13-12-37-14-16-46-17-15-37/h4-11,18,24,29,41H,12-17,19-22H2,1-3H3/t24-,29?,35-/m1/s1. The summed E-state index contributed by atoms with van der Waals surface area (Å²) in [6.07, 6.45) is 0.663. The highest BCUT2D eigenvalue weighted by atomic mass is 16.5. The summed E-state index contributed by atoms with van der Waals surface area (Å²) in [6.45, 7) is 4.24. The number of morpholine rings is 1. The number of anilines is 1. The fourth-order valence-electron chi connectivity index (χ4n) is 8.04. The van der Waals surface area contributed by atoms with Crippen LogP contribution in [0.5, 0.6) is 11.5 Å². The van der Waals surface area contributed by atoms with Gasteiger partial charge in [0.05, 0.1) is 39.3 Å². The van der Waals surface area contributed by atoms with Crippen molar-refractivity contribution in [3.05, 3.63) is 65.7 Å². The Kier molecular flexibility index (Phi) is 7.76. The van der Waals surface area contributed by atoms with E-state index in [1.807, 2.05) is 31.1 Å². The minimum atomic E-state index is -1.12. The molecule has 4 aliphatic rings. The number of fused-ring (bicyclic) bond motifs is 1.